The second-order valence-corrected chi connectivity index (χ2v) is 5.43. The van der Waals surface area contributed by atoms with E-state index in [4.69, 9.17) is 4.74 Å². The van der Waals surface area contributed by atoms with Gasteiger partial charge >= 0.3 is 5.97 Å². The SMILES string of the molecule is COC(=O)c1ccc2c(c1)NC(=O)C1(CCCC1)CO2. The Morgan fingerprint density at radius 2 is 2.10 bits per heavy atom. The van der Waals surface area contributed by atoms with Gasteiger partial charge in [-0.15, -0.1) is 0 Å². The van der Waals surface area contributed by atoms with Crippen molar-refractivity contribution in [3.05, 3.63) is 23.8 Å². The van der Waals surface area contributed by atoms with Gasteiger partial charge in [0.1, 0.15) is 12.4 Å². The van der Waals surface area contributed by atoms with Gasteiger partial charge in [-0.25, -0.2) is 4.79 Å². The monoisotopic (exact) mass is 275 g/mol. The molecule has 0 aromatic heterocycles. The Labute approximate surface area is 117 Å². The summed E-state index contributed by atoms with van der Waals surface area (Å²) < 4.78 is 10.5. The predicted molar refractivity (Wildman–Crippen MR) is 72.8 cm³/mol. The van der Waals surface area contributed by atoms with Crippen LogP contribution < -0.4 is 10.1 Å². The van der Waals surface area contributed by atoms with Crippen LogP contribution in [-0.4, -0.2) is 25.6 Å². The summed E-state index contributed by atoms with van der Waals surface area (Å²) in [5, 5.41) is 2.90. The second kappa shape index (κ2) is 4.81. The molecule has 0 radical (unpaired) electrons. The van der Waals surface area contributed by atoms with E-state index in [9.17, 15) is 9.59 Å². The maximum atomic E-state index is 12.4. The van der Waals surface area contributed by atoms with Crippen LogP contribution in [0.15, 0.2) is 18.2 Å². The van der Waals surface area contributed by atoms with E-state index < -0.39 is 11.4 Å². The Morgan fingerprint density at radius 1 is 1.35 bits per heavy atom. The molecular weight excluding hydrogens is 258 g/mol. The van der Waals surface area contributed by atoms with E-state index in [1.807, 2.05) is 0 Å². The van der Waals surface area contributed by atoms with Gasteiger partial charge in [0.05, 0.1) is 23.8 Å². The van der Waals surface area contributed by atoms with Crippen LogP contribution in [0.3, 0.4) is 0 Å². The van der Waals surface area contributed by atoms with E-state index in [0.717, 1.165) is 25.7 Å². The summed E-state index contributed by atoms with van der Waals surface area (Å²) in [6.07, 6.45) is 3.83. The lowest BCUT2D eigenvalue weighted by molar-refractivity contribution is -0.126. The van der Waals surface area contributed by atoms with Gasteiger partial charge in [0, 0.05) is 0 Å². The quantitative estimate of drug-likeness (QED) is 0.799. The first-order chi connectivity index (χ1) is 9.64. The van der Waals surface area contributed by atoms with Gasteiger partial charge in [-0.3, -0.25) is 4.79 Å². The van der Waals surface area contributed by atoms with E-state index in [0.29, 0.717) is 23.6 Å². The van der Waals surface area contributed by atoms with Crippen LogP contribution in [0.25, 0.3) is 0 Å². The molecule has 0 bridgehead atoms. The number of amides is 1. The first-order valence-corrected chi connectivity index (χ1v) is 6.81. The number of hydrogen-bond acceptors (Lipinski definition) is 4. The molecular formula is C15H17NO4. The molecule has 1 N–H and O–H groups in total. The van der Waals surface area contributed by atoms with Crippen LogP contribution >= 0.6 is 0 Å². The van der Waals surface area contributed by atoms with Crippen molar-refractivity contribution in [2.24, 2.45) is 5.41 Å². The lowest BCUT2D eigenvalue weighted by Crippen LogP contribution is -2.37. The number of fused-ring (bicyclic) bond motifs is 1. The Kier molecular flexibility index (Phi) is 3.12. The van der Waals surface area contributed by atoms with E-state index in [1.165, 1.54) is 7.11 Å². The maximum Gasteiger partial charge on any atom is 0.337 e. The second-order valence-electron chi connectivity index (χ2n) is 5.43. The maximum absolute atomic E-state index is 12.4. The van der Waals surface area contributed by atoms with E-state index in [-0.39, 0.29) is 5.91 Å². The highest BCUT2D eigenvalue weighted by Crippen LogP contribution is 2.43. The zero-order valence-corrected chi connectivity index (χ0v) is 11.4. The third-order valence-corrected chi connectivity index (χ3v) is 4.20. The van der Waals surface area contributed by atoms with Crippen molar-refractivity contribution in [3.63, 3.8) is 0 Å². The van der Waals surface area contributed by atoms with E-state index in [2.05, 4.69) is 10.1 Å². The van der Waals surface area contributed by atoms with Gasteiger partial charge in [0.2, 0.25) is 5.91 Å². The van der Waals surface area contributed by atoms with Crippen molar-refractivity contribution in [1.29, 1.82) is 0 Å². The van der Waals surface area contributed by atoms with E-state index >= 15 is 0 Å². The van der Waals surface area contributed by atoms with Gasteiger partial charge in [0.15, 0.2) is 0 Å². The summed E-state index contributed by atoms with van der Waals surface area (Å²) in [5.41, 5.74) is 0.531. The van der Waals surface area contributed by atoms with Gasteiger partial charge in [-0.2, -0.15) is 0 Å². The molecule has 106 valence electrons. The molecule has 1 aliphatic carbocycles. The van der Waals surface area contributed by atoms with Crippen LogP contribution in [0.4, 0.5) is 5.69 Å². The van der Waals surface area contributed by atoms with Crippen molar-refractivity contribution in [2.75, 3.05) is 19.0 Å². The fraction of sp³-hybridized carbons (Fsp3) is 0.467. The standard InChI is InChI=1S/C15H17NO4/c1-19-13(17)10-4-5-12-11(8-10)16-14(18)15(9-20-12)6-2-3-7-15/h4-5,8H,2-3,6-7,9H2,1H3,(H,16,18). The fourth-order valence-corrected chi connectivity index (χ4v) is 2.96. The Hall–Kier alpha value is -2.04. The topological polar surface area (TPSA) is 64.6 Å². The molecule has 1 aromatic carbocycles. The molecule has 5 heteroatoms. The highest BCUT2D eigenvalue weighted by Gasteiger charge is 2.43. The highest BCUT2D eigenvalue weighted by molar-refractivity contribution is 5.99. The van der Waals surface area contributed by atoms with Crippen LogP contribution in [0.1, 0.15) is 36.0 Å². The van der Waals surface area contributed by atoms with Crippen molar-refractivity contribution in [3.8, 4) is 5.75 Å². The summed E-state index contributed by atoms with van der Waals surface area (Å²) in [6.45, 7) is 0.406. The molecule has 1 heterocycles. The number of esters is 1. The Morgan fingerprint density at radius 3 is 2.80 bits per heavy atom. The third kappa shape index (κ3) is 2.03. The number of carbonyl (C=O) groups is 2. The molecule has 1 aromatic rings. The van der Waals surface area contributed by atoms with Crippen LogP contribution in [-0.2, 0) is 9.53 Å². The van der Waals surface area contributed by atoms with Crippen molar-refractivity contribution in [2.45, 2.75) is 25.7 Å². The molecule has 1 aliphatic heterocycles. The average molecular weight is 275 g/mol. The van der Waals surface area contributed by atoms with Crippen LogP contribution in [0.2, 0.25) is 0 Å². The highest BCUT2D eigenvalue weighted by atomic mass is 16.5. The normalized spacial score (nSPS) is 19.8. The lowest BCUT2D eigenvalue weighted by atomic mass is 9.86. The molecule has 1 fully saturated rings. The summed E-state index contributed by atoms with van der Waals surface area (Å²) in [6, 6.07) is 4.95. The number of ether oxygens (including phenoxy) is 2. The van der Waals surface area contributed by atoms with Crippen LogP contribution in [0.5, 0.6) is 5.75 Å². The Bertz CT molecular complexity index is 561. The minimum atomic E-state index is -0.429. The molecule has 20 heavy (non-hydrogen) atoms. The molecule has 0 saturated heterocycles. The van der Waals surface area contributed by atoms with Crippen molar-refractivity contribution in [1.82, 2.24) is 0 Å². The zero-order chi connectivity index (χ0) is 14.2. The van der Waals surface area contributed by atoms with Gasteiger partial charge in [-0.1, -0.05) is 12.8 Å². The number of carbonyl (C=O) groups excluding carboxylic acids is 2. The molecule has 1 amide bonds. The van der Waals surface area contributed by atoms with Gasteiger partial charge in [0.25, 0.3) is 0 Å². The number of methoxy groups -OCH3 is 1. The van der Waals surface area contributed by atoms with Gasteiger partial charge in [-0.05, 0) is 31.0 Å². The number of hydrogen-bond donors (Lipinski definition) is 1. The average Bonchev–Trinajstić information content (AvgIpc) is 2.89. The first kappa shape index (κ1) is 13.0. The first-order valence-electron chi connectivity index (χ1n) is 6.81. The molecule has 5 nitrogen and oxygen atoms in total. The minimum absolute atomic E-state index is 0.00392. The fourth-order valence-electron chi connectivity index (χ4n) is 2.96. The molecule has 0 unspecified atom stereocenters. The van der Waals surface area contributed by atoms with E-state index in [1.54, 1.807) is 18.2 Å². The zero-order valence-electron chi connectivity index (χ0n) is 11.4. The largest absolute Gasteiger partial charge is 0.490 e. The molecule has 1 spiro atoms. The minimum Gasteiger partial charge on any atom is -0.490 e. The number of benzene rings is 1. The molecule has 0 atom stereocenters. The Balaban J connectivity index is 1.92. The molecule has 2 aliphatic rings. The summed E-state index contributed by atoms with van der Waals surface area (Å²) >= 11 is 0. The van der Waals surface area contributed by atoms with Gasteiger partial charge < -0.3 is 14.8 Å². The van der Waals surface area contributed by atoms with Crippen molar-refractivity contribution >= 4 is 17.6 Å². The summed E-state index contributed by atoms with van der Waals surface area (Å²) in [7, 11) is 1.33. The molecule has 1 saturated carbocycles. The predicted octanol–water partition coefficient (Wildman–Crippen LogP) is 2.36. The molecule has 3 rings (SSSR count). The lowest BCUT2D eigenvalue weighted by Gasteiger charge is -2.23. The van der Waals surface area contributed by atoms with Crippen molar-refractivity contribution < 1.29 is 19.1 Å². The smallest absolute Gasteiger partial charge is 0.337 e. The number of rotatable bonds is 1. The summed E-state index contributed by atoms with van der Waals surface area (Å²) in [5.74, 6) is 0.174. The third-order valence-electron chi connectivity index (χ3n) is 4.20. The summed E-state index contributed by atoms with van der Waals surface area (Å²) in [4.78, 5) is 24.0. The number of anilines is 1. The number of nitrogens with one attached hydrogen (secondary N) is 1. The van der Waals surface area contributed by atoms with Crippen LogP contribution in [0, 0.1) is 5.41 Å².